The van der Waals surface area contributed by atoms with Gasteiger partial charge in [-0.05, 0) is 12.1 Å². The smallest absolute Gasteiger partial charge is 0.223 e. The molecule has 0 N–H and O–H groups in total. The molecular formula is C14H17NO4. The van der Waals surface area contributed by atoms with E-state index in [1.807, 2.05) is 12.1 Å². The van der Waals surface area contributed by atoms with Crippen LogP contribution in [0, 0.1) is 5.92 Å². The van der Waals surface area contributed by atoms with E-state index in [1.165, 1.54) is 0 Å². The first-order valence-corrected chi connectivity index (χ1v) is 6.12. The monoisotopic (exact) mass is 263 g/mol. The molecule has 0 spiro atoms. The number of ether oxygens (including phenoxy) is 2. The Morgan fingerprint density at radius 2 is 2.16 bits per heavy atom. The predicted octanol–water partition coefficient (Wildman–Crippen LogP) is 1.25. The Morgan fingerprint density at radius 3 is 2.74 bits per heavy atom. The summed E-state index contributed by atoms with van der Waals surface area (Å²) in [6.45, 7) is 0.938. The number of likely N-dealkylation sites (tertiary alicyclic amines) is 1. The zero-order chi connectivity index (χ0) is 13.8. The first-order chi connectivity index (χ1) is 9.17. The Morgan fingerprint density at radius 1 is 1.37 bits per heavy atom. The van der Waals surface area contributed by atoms with Gasteiger partial charge >= 0.3 is 0 Å². The lowest BCUT2D eigenvalue weighted by molar-refractivity contribution is -0.128. The van der Waals surface area contributed by atoms with Gasteiger partial charge in [0.05, 0.1) is 14.2 Å². The van der Waals surface area contributed by atoms with Gasteiger partial charge < -0.3 is 19.2 Å². The highest BCUT2D eigenvalue weighted by atomic mass is 16.5. The lowest BCUT2D eigenvalue weighted by atomic mass is 10.1. The van der Waals surface area contributed by atoms with Gasteiger partial charge in [0.25, 0.3) is 0 Å². The molecule has 1 fully saturated rings. The summed E-state index contributed by atoms with van der Waals surface area (Å²) in [6, 6.07) is 5.49. The molecule has 1 saturated heterocycles. The van der Waals surface area contributed by atoms with Crippen molar-refractivity contribution >= 4 is 12.2 Å². The van der Waals surface area contributed by atoms with E-state index < -0.39 is 0 Å². The third-order valence-electron chi connectivity index (χ3n) is 3.29. The van der Waals surface area contributed by atoms with E-state index in [0.717, 1.165) is 11.8 Å². The van der Waals surface area contributed by atoms with Crippen molar-refractivity contribution in [2.75, 3.05) is 20.8 Å². The Kier molecular flexibility index (Phi) is 4.04. The van der Waals surface area contributed by atoms with Crippen LogP contribution in [0.5, 0.6) is 11.5 Å². The molecule has 0 aromatic heterocycles. The first kappa shape index (κ1) is 13.4. The van der Waals surface area contributed by atoms with Gasteiger partial charge in [0.2, 0.25) is 5.91 Å². The van der Waals surface area contributed by atoms with Crippen molar-refractivity contribution in [3.8, 4) is 11.5 Å². The van der Waals surface area contributed by atoms with Crippen LogP contribution in [0.15, 0.2) is 18.2 Å². The summed E-state index contributed by atoms with van der Waals surface area (Å²) < 4.78 is 10.4. The van der Waals surface area contributed by atoms with E-state index in [-0.39, 0.29) is 11.8 Å². The van der Waals surface area contributed by atoms with Gasteiger partial charge in [0.1, 0.15) is 17.8 Å². The van der Waals surface area contributed by atoms with Gasteiger partial charge in [-0.3, -0.25) is 4.79 Å². The van der Waals surface area contributed by atoms with Gasteiger partial charge in [-0.25, -0.2) is 0 Å². The molecule has 1 aromatic carbocycles. The van der Waals surface area contributed by atoms with Crippen molar-refractivity contribution < 1.29 is 19.1 Å². The maximum Gasteiger partial charge on any atom is 0.223 e. The molecule has 1 amide bonds. The van der Waals surface area contributed by atoms with Gasteiger partial charge in [0, 0.05) is 37.1 Å². The van der Waals surface area contributed by atoms with E-state index >= 15 is 0 Å². The molecule has 5 heteroatoms. The Labute approximate surface area is 112 Å². The Balaban J connectivity index is 2.15. The van der Waals surface area contributed by atoms with Gasteiger partial charge in [-0.2, -0.15) is 0 Å². The lowest BCUT2D eigenvalue weighted by Gasteiger charge is -2.18. The van der Waals surface area contributed by atoms with E-state index in [9.17, 15) is 9.59 Å². The fraction of sp³-hybridized carbons (Fsp3) is 0.429. The van der Waals surface area contributed by atoms with Crippen LogP contribution in [0.25, 0.3) is 0 Å². The van der Waals surface area contributed by atoms with Crippen molar-refractivity contribution in [1.29, 1.82) is 0 Å². The van der Waals surface area contributed by atoms with Crippen molar-refractivity contribution in [2.24, 2.45) is 5.92 Å². The molecule has 5 nitrogen and oxygen atoms in total. The second-order valence-electron chi connectivity index (χ2n) is 4.55. The summed E-state index contributed by atoms with van der Waals surface area (Å²) in [5, 5.41) is 0. The van der Waals surface area contributed by atoms with Gasteiger partial charge in [-0.1, -0.05) is 0 Å². The molecule has 0 saturated carbocycles. The number of nitrogens with zero attached hydrogens (tertiary/aromatic N) is 1. The van der Waals surface area contributed by atoms with Crippen LogP contribution in [0.3, 0.4) is 0 Å². The number of carbonyl (C=O) groups is 2. The predicted molar refractivity (Wildman–Crippen MR) is 69.1 cm³/mol. The normalized spacial score (nSPS) is 18.5. The largest absolute Gasteiger partial charge is 0.497 e. The van der Waals surface area contributed by atoms with Crippen LogP contribution in [0.1, 0.15) is 12.0 Å². The maximum atomic E-state index is 11.8. The molecule has 0 radical (unpaired) electrons. The molecule has 1 heterocycles. The summed E-state index contributed by atoms with van der Waals surface area (Å²) in [6.07, 6.45) is 1.16. The molecule has 1 aliphatic rings. The van der Waals surface area contributed by atoms with E-state index in [1.54, 1.807) is 25.2 Å². The molecule has 2 rings (SSSR count). The van der Waals surface area contributed by atoms with Crippen LogP contribution in [-0.4, -0.2) is 37.9 Å². The number of benzene rings is 1. The molecule has 0 bridgehead atoms. The SMILES string of the molecule is COc1ccc(CN2CC(C=O)CC2=O)c(OC)c1. The summed E-state index contributed by atoms with van der Waals surface area (Å²) in [4.78, 5) is 24.2. The average Bonchev–Trinajstić information content (AvgIpc) is 2.80. The summed E-state index contributed by atoms with van der Waals surface area (Å²) in [5.41, 5.74) is 0.906. The highest BCUT2D eigenvalue weighted by Gasteiger charge is 2.29. The molecule has 1 unspecified atom stereocenters. The summed E-state index contributed by atoms with van der Waals surface area (Å²) in [7, 11) is 3.17. The Hall–Kier alpha value is -2.04. The highest BCUT2D eigenvalue weighted by Crippen LogP contribution is 2.27. The second kappa shape index (κ2) is 5.73. The Bertz CT molecular complexity index is 486. The van der Waals surface area contributed by atoms with Crippen molar-refractivity contribution in [1.82, 2.24) is 4.90 Å². The third kappa shape index (κ3) is 2.86. The lowest BCUT2D eigenvalue weighted by Crippen LogP contribution is -2.25. The van der Waals surface area contributed by atoms with Crippen LogP contribution in [0.2, 0.25) is 0 Å². The quantitative estimate of drug-likeness (QED) is 0.750. The van der Waals surface area contributed by atoms with Gasteiger partial charge in [-0.15, -0.1) is 0 Å². The molecule has 1 aliphatic heterocycles. The molecular weight excluding hydrogens is 246 g/mol. The van der Waals surface area contributed by atoms with Crippen LogP contribution in [-0.2, 0) is 16.1 Å². The fourth-order valence-electron chi connectivity index (χ4n) is 2.23. The summed E-state index contributed by atoms with van der Waals surface area (Å²) in [5.74, 6) is 1.22. The van der Waals surface area contributed by atoms with Crippen molar-refractivity contribution in [3.05, 3.63) is 23.8 Å². The fourth-order valence-corrected chi connectivity index (χ4v) is 2.23. The van der Waals surface area contributed by atoms with Crippen molar-refractivity contribution in [2.45, 2.75) is 13.0 Å². The minimum absolute atomic E-state index is 0.00923. The average molecular weight is 263 g/mol. The maximum absolute atomic E-state index is 11.8. The number of hydrogen-bond donors (Lipinski definition) is 0. The van der Waals surface area contributed by atoms with Crippen LogP contribution in [0.4, 0.5) is 0 Å². The minimum Gasteiger partial charge on any atom is -0.497 e. The van der Waals surface area contributed by atoms with Gasteiger partial charge in [0.15, 0.2) is 0 Å². The van der Waals surface area contributed by atoms with Crippen LogP contribution < -0.4 is 9.47 Å². The number of methoxy groups -OCH3 is 2. The van der Waals surface area contributed by atoms with E-state index in [0.29, 0.717) is 31.0 Å². The number of hydrogen-bond acceptors (Lipinski definition) is 4. The molecule has 0 aliphatic carbocycles. The minimum atomic E-state index is -0.184. The number of rotatable bonds is 5. The van der Waals surface area contributed by atoms with Crippen LogP contribution >= 0.6 is 0 Å². The second-order valence-corrected chi connectivity index (χ2v) is 4.55. The molecule has 102 valence electrons. The zero-order valence-electron chi connectivity index (χ0n) is 11.1. The third-order valence-corrected chi connectivity index (χ3v) is 3.29. The first-order valence-electron chi connectivity index (χ1n) is 6.12. The number of carbonyl (C=O) groups excluding carboxylic acids is 2. The number of aldehydes is 1. The van der Waals surface area contributed by atoms with E-state index in [4.69, 9.17) is 9.47 Å². The van der Waals surface area contributed by atoms with E-state index in [2.05, 4.69) is 0 Å². The number of amides is 1. The molecule has 1 aromatic rings. The summed E-state index contributed by atoms with van der Waals surface area (Å²) >= 11 is 0. The zero-order valence-corrected chi connectivity index (χ0v) is 11.1. The highest BCUT2D eigenvalue weighted by molar-refractivity contribution is 5.82. The molecule has 1 atom stereocenters. The standard InChI is InChI=1S/C14H17NO4/c1-18-12-4-3-11(13(6-12)19-2)8-15-7-10(9-16)5-14(15)17/h3-4,6,9-10H,5,7-8H2,1-2H3. The topological polar surface area (TPSA) is 55.8 Å². The van der Waals surface area contributed by atoms with Crippen molar-refractivity contribution in [3.63, 3.8) is 0 Å². The molecule has 19 heavy (non-hydrogen) atoms.